The zero-order valence-corrected chi connectivity index (χ0v) is 21.9. The molecule has 4 rings (SSSR count). The maximum atomic E-state index is 13.5. The van der Waals surface area contributed by atoms with Crippen LogP contribution in [-0.2, 0) is 20.9 Å². The van der Waals surface area contributed by atoms with Crippen LogP contribution in [0, 0.1) is 0 Å². The molecule has 7 nitrogen and oxygen atoms in total. The first-order chi connectivity index (χ1) is 17.9. The Kier molecular flexibility index (Phi) is 8.43. The highest BCUT2D eigenvalue weighted by Gasteiger charge is 2.40. The van der Waals surface area contributed by atoms with Crippen LogP contribution in [-0.4, -0.2) is 42.2 Å². The van der Waals surface area contributed by atoms with Crippen molar-refractivity contribution in [2.75, 3.05) is 25.2 Å². The highest BCUT2D eigenvalue weighted by molar-refractivity contribution is 7.80. The van der Waals surface area contributed by atoms with Gasteiger partial charge in [-0.2, -0.15) is 0 Å². The lowest BCUT2D eigenvalue weighted by atomic mass is 10.1. The lowest BCUT2D eigenvalue weighted by molar-refractivity contribution is -0.140. The fourth-order valence-corrected chi connectivity index (χ4v) is 4.22. The van der Waals surface area contributed by atoms with Gasteiger partial charge in [0.25, 0.3) is 5.91 Å². The molecule has 0 unspecified atom stereocenters. The average Bonchev–Trinajstić information content (AvgIpc) is 3.13. The summed E-state index contributed by atoms with van der Waals surface area (Å²) < 4.78 is 16.6. The molecule has 0 spiro atoms. The van der Waals surface area contributed by atoms with Gasteiger partial charge in [-0.1, -0.05) is 48.0 Å². The fourth-order valence-electron chi connectivity index (χ4n) is 3.74. The second kappa shape index (κ2) is 11.9. The van der Waals surface area contributed by atoms with Crippen LogP contribution in [0.5, 0.6) is 11.5 Å². The van der Waals surface area contributed by atoms with E-state index in [2.05, 4.69) is 0 Å². The standard InChI is InChI=1S/C28H25ClN2O5S/c1-3-35-25-16-20(9-14-24(25)36-18-19-7-5-4-6-8-19)15-23-27(33)31(22-12-10-21(29)11-13-22)28(37)30(23)17-26(32)34-2/h4-16H,3,17-18H2,1-2H3/b23-15-. The maximum Gasteiger partial charge on any atom is 0.325 e. The monoisotopic (exact) mass is 536 g/mol. The molecule has 3 aromatic rings. The molecular formula is C28H25ClN2O5S. The molecule has 190 valence electrons. The Bertz CT molecular complexity index is 1330. The van der Waals surface area contributed by atoms with Gasteiger partial charge in [-0.25, -0.2) is 0 Å². The van der Waals surface area contributed by atoms with Crippen molar-refractivity contribution >= 4 is 52.6 Å². The molecule has 0 N–H and O–H groups in total. The van der Waals surface area contributed by atoms with Crippen LogP contribution < -0.4 is 14.4 Å². The Morgan fingerprint density at radius 3 is 2.41 bits per heavy atom. The van der Waals surface area contributed by atoms with Crippen LogP contribution in [0.4, 0.5) is 5.69 Å². The van der Waals surface area contributed by atoms with E-state index in [4.69, 9.17) is 38.0 Å². The number of esters is 1. The molecule has 0 bridgehead atoms. The third kappa shape index (κ3) is 6.10. The normalized spacial score (nSPS) is 14.3. The van der Waals surface area contributed by atoms with Crippen LogP contribution in [0.1, 0.15) is 18.1 Å². The zero-order chi connectivity index (χ0) is 26.4. The van der Waals surface area contributed by atoms with E-state index in [0.29, 0.717) is 41.0 Å². The molecule has 0 aliphatic carbocycles. The third-order valence-electron chi connectivity index (χ3n) is 5.54. The first-order valence-electron chi connectivity index (χ1n) is 11.5. The van der Waals surface area contributed by atoms with E-state index in [1.165, 1.54) is 16.9 Å². The molecular weight excluding hydrogens is 512 g/mol. The van der Waals surface area contributed by atoms with Gasteiger partial charge in [0.05, 0.1) is 19.4 Å². The Morgan fingerprint density at radius 1 is 1.00 bits per heavy atom. The lowest BCUT2D eigenvalue weighted by Crippen LogP contribution is -2.35. The number of hydrogen-bond donors (Lipinski definition) is 0. The van der Waals surface area contributed by atoms with Gasteiger partial charge in [0, 0.05) is 5.02 Å². The van der Waals surface area contributed by atoms with Gasteiger partial charge in [-0.3, -0.25) is 14.5 Å². The summed E-state index contributed by atoms with van der Waals surface area (Å²) >= 11 is 11.6. The maximum absolute atomic E-state index is 13.5. The van der Waals surface area contributed by atoms with Crippen LogP contribution in [0.2, 0.25) is 5.02 Å². The van der Waals surface area contributed by atoms with E-state index in [-0.39, 0.29) is 23.3 Å². The number of carbonyl (C=O) groups is 2. The van der Waals surface area contributed by atoms with E-state index < -0.39 is 5.97 Å². The Balaban J connectivity index is 1.67. The summed E-state index contributed by atoms with van der Waals surface area (Å²) in [5, 5.41) is 0.693. The molecule has 0 radical (unpaired) electrons. The van der Waals surface area contributed by atoms with E-state index >= 15 is 0 Å². The highest BCUT2D eigenvalue weighted by atomic mass is 35.5. The van der Waals surface area contributed by atoms with Crippen LogP contribution >= 0.6 is 23.8 Å². The summed E-state index contributed by atoms with van der Waals surface area (Å²) in [6.45, 7) is 2.49. The van der Waals surface area contributed by atoms with Gasteiger partial charge in [0.15, 0.2) is 16.6 Å². The number of rotatable bonds is 9. The number of halogens is 1. The molecule has 1 heterocycles. The summed E-state index contributed by atoms with van der Waals surface area (Å²) in [6.07, 6.45) is 1.66. The lowest BCUT2D eigenvalue weighted by Gasteiger charge is -2.19. The van der Waals surface area contributed by atoms with Gasteiger partial charge in [-0.05, 0) is 72.7 Å². The molecule has 1 aliphatic heterocycles. The molecule has 0 aromatic heterocycles. The Labute approximate surface area is 225 Å². The smallest absolute Gasteiger partial charge is 0.325 e. The minimum atomic E-state index is -0.529. The zero-order valence-electron chi connectivity index (χ0n) is 20.3. The van der Waals surface area contributed by atoms with E-state index in [1.54, 1.807) is 42.5 Å². The Morgan fingerprint density at radius 2 is 1.73 bits per heavy atom. The average molecular weight is 537 g/mol. The molecule has 1 amide bonds. The fraction of sp³-hybridized carbons (Fsp3) is 0.179. The first-order valence-corrected chi connectivity index (χ1v) is 12.3. The topological polar surface area (TPSA) is 68.3 Å². The third-order valence-corrected chi connectivity index (χ3v) is 6.20. The van der Waals surface area contributed by atoms with Crippen LogP contribution in [0.3, 0.4) is 0 Å². The highest BCUT2D eigenvalue weighted by Crippen LogP contribution is 2.33. The number of nitrogens with zero attached hydrogens (tertiary/aromatic N) is 2. The number of benzene rings is 3. The van der Waals surface area contributed by atoms with Crippen molar-refractivity contribution in [3.05, 3.63) is 94.6 Å². The molecule has 0 atom stereocenters. The molecule has 37 heavy (non-hydrogen) atoms. The Hall–Kier alpha value is -3.88. The van der Waals surface area contributed by atoms with Crippen molar-refractivity contribution in [2.24, 2.45) is 0 Å². The van der Waals surface area contributed by atoms with E-state index in [9.17, 15) is 9.59 Å². The second-order valence-electron chi connectivity index (χ2n) is 8.00. The molecule has 1 aliphatic rings. The molecule has 9 heteroatoms. The second-order valence-corrected chi connectivity index (χ2v) is 8.81. The van der Waals surface area contributed by atoms with Gasteiger partial charge in [0.2, 0.25) is 0 Å². The van der Waals surface area contributed by atoms with Gasteiger partial charge < -0.3 is 19.1 Å². The van der Waals surface area contributed by atoms with Crippen molar-refractivity contribution in [3.63, 3.8) is 0 Å². The van der Waals surface area contributed by atoms with Gasteiger partial charge in [-0.15, -0.1) is 0 Å². The number of amides is 1. The number of anilines is 1. The van der Waals surface area contributed by atoms with E-state index in [0.717, 1.165) is 5.56 Å². The van der Waals surface area contributed by atoms with Crippen molar-refractivity contribution in [3.8, 4) is 11.5 Å². The van der Waals surface area contributed by atoms with Crippen LogP contribution in [0.25, 0.3) is 6.08 Å². The number of methoxy groups -OCH3 is 1. The summed E-state index contributed by atoms with van der Waals surface area (Å²) in [7, 11) is 1.28. The minimum absolute atomic E-state index is 0.164. The van der Waals surface area contributed by atoms with Crippen LogP contribution in [0.15, 0.2) is 78.5 Å². The predicted molar refractivity (Wildman–Crippen MR) is 147 cm³/mol. The predicted octanol–water partition coefficient (Wildman–Crippen LogP) is 5.47. The van der Waals surface area contributed by atoms with E-state index in [1.807, 2.05) is 43.3 Å². The molecule has 3 aromatic carbocycles. The minimum Gasteiger partial charge on any atom is -0.490 e. The van der Waals surface area contributed by atoms with Crippen molar-refractivity contribution in [1.82, 2.24) is 4.90 Å². The first kappa shape index (κ1) is 26.2. The van der Waals surface area contributed by atoms with Crippen molar-refractivity contribution < 1.29 is 23.8 Å². The molecule has 1 fully saturated rings. The number of ether oxygens (including phenoxy) is 3. The van der Waals surface area contributed by atoms with Gasteiger partial charge >= 0.3 is 5.97 Å². The van der Waals surface area contributed by atoms with Crippen molar-refractivity contribution in [2.45, 2.75) is 13.5 Å². The van der Waals surface area contributed by atoms with Crippen molar-refractivity contribution in [1.29, 1.82) is 0 Å². The number of carbonyl (C=O) groups excluding carboxylic acids is 2. The SMILES string of the molecule is CCOc1cc(/C=C2/C(=O)N(c3ccc(Cl)cc3)C(=S)N2CC(=O)OC)ccc1OCc1ccccc1. The quantitative estimate of drug-likeness (QED) is 0.204. The summed E-state index contributed by atoms with van der Waals surface area (Å²) in [5.41, 5.74) is 2.47. The largest absolute Gasteiger partial charge is 0.490 e. The summed E-state index contributed by atoms with van der Waals surface area (Å²) in [5.74, 6) is 0.211. The number of thiocarbonyl (C=S) groups is 1. The number of hydrogen-bond acceptors (Lipinski definition) is 6. The summed E-state index contributed by atoms with van der Waals surface area (Å²) in [4.78, 5) is 28.5. The van der Waals surface area contributed by atoms with Gasteiger partial charge in [0.1, 0.15) is 18.8 Å². The summed E-state index contributed by atoms with van der Waals surface area (Å²) in [6, 6.07) is 21.9. The molecule has 0 saturated carbocycles. The molecule has 1 saturated heterocycles.